The van der Waals surface area contributed by atoms with Crippen LogP contribution in [-0.4, -0.2) is 25.1 Å². The van der Waals surface area contributed by atoms with Crippen molar-refractivity contribution < 1.29 is 19.2 Å². The zero-order chi connectivity index (χ0) is 16.1. The van der Waals surface area contributed by atoms with Gasteiger partial charge in [-0.25, -0.2) is 0 Å². The lowest BCUT2D eigenvalue weighted by Gasteiger charge is -2.08. The molecule has 0 unspecified atom stereocenters. The Balaban J connectivity index is 2.30. The van der Waals surface area contributed by atoms with Crippen molar-refractivity contribution >= 4 is 17.3 Å². The molecule has 2 aromatic rings. The van der Waals surface area contributed by atoms with E-state index in [9.17, 15) is 14.9 Å². The normalized spacial score (nSPS) is 9.91. The molecule has 0 aliphatic rings. The molecule has 22 heavy (non-hydrogen) atoms. The molecule has 0 saturated heterocycles. The molecule has 0 heterocycles. The van der Waals surface area contributed by atoms with Crippen LogP contribution in [0.5, 0.6) is 11.5 Å². The maximum absolute atomic E-state index is 12.3. The van der Waals surface area contributed by atoms with Gasteiger partial charge in [0, 0.05) is 5.69 Å². The first-order valence-corrected chi connectivity index (χ1v) is 6.33. The lowest BCUT2D eigenvalue weighted by atomic mass is 10.1. The Morgan fingerprint density at radius 3 is 2.32 bits per heavy atom. The summed E-state index contributed by atoms with van der Waals surface area (Å²) in [7, 11) is 2.85. The monoisotopic (exact) mass is 302 g/mol. The number of carbonyl (C=O) groups is 1. The summed E-state index contributed by atoms with van der Waals surface area (Å²) in [5, 5.41) is 13.8. The van der Waals surface area contributed by atoms with Crippen LogP contribution in [0, 0.1) is 10.1 Å². The second kappa shape index (κ2) is 6.57. The molecule has 7 nitrogen and oxygen atoms in total. The van der Waals surface area contributed by atoms with Gasteiger partial charge in [-0.1, -0.05) is 6.07 Å². The van der Waals surface area contributed by atoms with Crippen LogP contribution < -0.4 is 14.8 Å². The van der Waals surface area contributed by atoms with Crippen LogP contribution in [0.4, 0.5) is 11.4 Å². The third-order valence-corrected chi connectivity index (χ3v) is 2.99. The fourth-order valence-electron chi connectivity index (χ4n) is 1.93. The minimum absolute atomic E-state index is 0.0346. The molecule has 0 radical (unpaired) electrons. The Kier molecular flexibility index (Phi) is 4.57. The number of nitro groups is 1. The van der Waals surface area contributed by atoms with E-state index < -0.39 is 10.8 Å². The molecular weight excluding hydrogens is 288 g/mol. The number of nitro benzene ring substituents is 1. The highest BCUT2D eigenvalue weighted by Crippen LogP contribution is 2.31. The molecule has 0 aromatic heterocycles. The van der Waals surface area contributed by atoms with Gasteiger partial charge in [0.25, 0.3) is 5.91 Å². The SMILES string of the molecule is COc1ccc(NC(=O)c2cccc(OC)c2[N+](=O)[O-])cc1. The average molecular weight is 302 g/mol. The average Bonchev–Trinajstić information content (AvgIpc) is 2.54. The second-order valence-corrected chi connectivity index (χ2v) is 4.30. The lowest BCUT2D eigenvalue weighted by Crippen LogP contribution is -2.14. The highest BCUT2D eigenvalue weighted by Gasteiger charge is 2.25. The number of methoxy groups -OCH3 is 2. The third-order valence-electron chi connectivity index (χ3n) is 2.99. The first-order chi connectivity index (χ1) is 10.6. The molecule has 0 spiro atoms. The summed E-state index contributed by atoms with van der Waals surface area (Å²) >= 11 is 0. The van der Waals surface area contributed by atoms with Gasteiger partial charge in [-0.2, -0.15) is 0 Å². The van der Waals surface area contributed by atoms with E-state index in [0.717, 1.165) is 0 Å². The summed E-state index contributed by atoms with van der Waals surface area (Å²) in [6.45, 7) is 0. The number of rotatable bonds is 5. The maximum atomic E-state index is 12.3. The van der Waals surface area contributed by atoms with E-state index in [1.165, 1.54) is 32.4 Å². The van der Waals surface area contributed by atoms with Crippen LogP contribution in [-0.2, 0) is 0 Å². The van der Waals surface area contributed by atoms with Gasteiger partial charge in [0.05, 0.1) is 19.1 Å². The largest absolute Gasteiger partial charge is 0.497 e. The molecule has 0 saturated carbocycles. The summed E-state index contributed by atoms with van der Waals surface area (Å²) in [4.78, 5) is 22.8. The number of para-hydroxylation sites is 1. The van der Waals surface area contributed by atoms with Crippen molar-refractivity contribution in [3.05, 3.63) is 58.1 Å². The van der Waals surface area contributed by atoms with E-state index in [1.54, 1.807) is 24.3 Å². The van der Waals surface area contributed by atoms with Crippen molar-refractivity contribution in [2.45, 2.75) is 0 Å². The van der Waals surface area contributed by atoms with Gasteiger partial charge in [0.2, 0.25) is 0 Å². The predicted octanol–water partition coefficient (Wildman–Crippen LogP) is 2.86. The number of nitrogens with zero attached hydrogens (tertiary/aromatic N) is 1. The molecule has 0 fully saturated rings. The summed E-state index contributed by atoms with van der Waals surface area (Å²) in [5.74, 6) is 0.0912. The number of hydrogen-bond acceptors (Lipinski definition) is 5. The molecule has 114 valence electrons. The van der Waals surface area contributed by atoms with Crippen molar-refractivity contribution in [2.75, 3.05) is 19.5 Å². The topological polar surface area (TPSA) is 90.7 Å². The summed E-state index contributed by atoms with van der Waals surface area (Å²) < 4.78 is 9.96. The number of carbonyl (C=O) groups excluding carboxylic acids is 1. The standard InChI is InChI=1S/C15H14N2O5/c1-21-11-8-6-10(7-9-11)16-15(18)12-4-3-5-13(22-2)14(12)17(19)20/h3-9H,1-2H3,(H,16,18). The van der Waals surface area contributed by atoms with Gasteiger partial charge in [0.15, 0.2) is 5.75 Å². The second-order valence-electron chi connectivity index (χ2n) is 4.30. The van der Waals surface area contributed by atoms with Gasteiger partial charge in [-0.15, -0.1) is 0 Å². The van der Waals surface area contributed by atoms with E-state index in [0.29, 0.717) is 11.4 Å². The van der Waals surface area contributed by atoms with E-state index in [2.05, 4.69) is 5.32 Å². The number of nitrogens with one attached hydrogen (secondary N) is 1. The van der Waals surface area contributed by atoms with E-state index >= 15 is 0 Å². The molecule has 2 aromatic carbocycles. The highest BCUT2D eigenvalue weighted by atomic mass is 16.6. The molecule has 0 aliphatic heterocycles. The summed E-state index contributed by atoms with van der Waals surface area (Å²) in [6.07, 6.45) is 0. The first-order valence-electron chi connectivity index (χ1n) is 6.33. The van der Waals surface area contributed by atoms with Gasteiger partial charge < -0.3 is 14.8 Å². The molecule has 1 N–H and O–H groups in total. The number of benzene rings is 2. The van der Waals surface area contributed by atoms with E-state index in [1.807, 2.05) is 0 Å². The molecular formula is C15H14N2O5. The third kappa shape index (κ3) is 3.14. The van der Waals surface area contributed by atoms with Gasteiger partial charge in [0.1, 0.15) is 11.3 Å². The van der Waals surface area contributed by atoms with Crippen molar-refractivity contribution in [3.8, 4) is 11.5 Å². The predicted molar refractivity (Wildman–Crippen MR) is 80.6 cm³/mol. The number of ether oxygens (including phenoxy) is 2. The summed E-state index contributed by atoms with van der Waals surface area (Å²) in [5.41, 5.74) is 0.0686. The Hall–Kier alpha value is -3.09. The Labute approximate surface area is 126 Å². The van der Waals surface area contributed by atoms with Gasteiger partial charge >= 0.3 is 5.69 Å². The quantitative estimate of drug-likeness (QED) is 0.677. The number of anilines is 1. The fourth-order valence-corrected chi connectivity index (χ4v) is 1.93. The molecule has 7 heteroatoms. The highest BCUT2D eigenvalue weighted by molar-refractivity contribution is 6.07. The van der Waals surface area contributed by atoms with Crippen LogP contribution in [0.1, 0.15) is 10.4 Å². The van der Waals surface area contributed by atoms with Gasteiger partial charge in [-0.3, -0.25) is 14.9 Å². The zero-order valence-electron chi connectivity index (χ0n) is 12.0. The van der Waals surface area contributed by atoms with Crippen molar-refractivity contribution in [1.29, 1.82) is 0 Å². The maximum Gasteiger partial charge on any atom is 0.323 e. The molecule has 0 atom stereocenters. The Morgan fingerprint density at radius 1 is 1.09 bits per heavy atom. The molecule has 0 bridgehead atoms. The van der Waals surface area contributed by atoms with Crippen LogP contribution in [0.2, 0.25) is 0 Å². The first kappa shape index (κ1) is 15.3. The van der Waals surface area contributed by atoms with Crippen LogP contribution in [0.25, 0.3) is 0 Å². The van der Waals surface area contributed by atoms with Crippen LogP contribution in [0.3, 0.4) is 0 Å². The summed E-state index contributed by atoms with van der Waals surface area (Å²) in [6, 6.07) is 11.0. The van der Waals surface area contributed by atoms with Crippen LogP contribution in [0.15, 0.2) is 42.5 Å². The fraction of sp³-hybridized carbons (Fsp3) is 0.133. The van der Waals surface area contributed by atoms with Crippen LogP contribution >= 0.6 is 0 Å². The molecule has 2 rings (SSSR count). The van der Waals surface area contributed by atoms with Crippen molar-refractivity contribution in [3.63, 3.8) is 0 Å². The van der Waals surface area contributed by atoms with E-state index in [4.69, 9.17) is 9.47 Å². The van der Waals surface area contributed by atoms with Crippen molar-refractivity contribution in [1.82, 2.24) is 0 Å². The van der Waals surface area contributed by atoms with E-state index in [-0.39, 0.29) is 17.0 Å². The van der Waals surface area contributed by atoms with Crippen molar-refractivity contribution in [2.24, 2.45) is 0 Å². The van der Waals surface area contributed by atoms with Gasteiger partial charge in [-0.05, 0) is 36.4 Å². The molecule has 0 aliphatic carbocycles. The lowest BCUT2D eigenvalue weighted by molar-refractivity contribution is -0.386. The molecule has 1 amide bonds. The minimum atomic E-state index is -0.637. The number of hydrogen-bond donors (Lipinski definition) is 1. The number of amides is 1. The Morgan fingerprint density at radius 2 is 1.77 bits per heavy atom. The smallest absolute Gasteiger partial charge is 0.323 e. The zero-order valence-corrected chi connectivity index (χ0v) is 12.0. The minimum Gasteiger partial charge on any atom is -0.497 e. The Bertz CT molecular complexity index is 698.